The largest absolute Gasteiger partial charge is 0.354 e. The van der Waals surface area contributed by atoms with Gasteiger partial charge in [0.2, 0.25) is 5.91 Å². The average Bonchev–Trinajstić information content (AvgIpc) is 2.39. The lowest BCUT2D eigenvalue weighted by Gasteiger charge is -2.36. The van der Waals surface area contributed by atoms with Gasteiger partial charge in [0.15, 0.2) is 0 Å². The minimum atomic E-state index is -0.0612. The van der Waals surface area contributed by atoms with E-state index in [0.717, 1.165) is 24.5 Å². The summed E-state index contributed by atoms with van der Waals surface area (Å²) < 4.78 is 0. The molecule has 0 radical (unpaired) electrons. The lowest BCUT2D eigenvalue weighted by molar-refractivity contribution is -0.114. The number of rotatable bonds is 3. The van der Waals surface area contributed by atoms with E-state index in [-0.39, 0.29) is 5.91 Å². The van der Waals surface area contributed by atoms with E-state index in [9.17, 15) is 4.79 Å². The van der Waals surface area contributed by atoms with Crippen LogP contribution in [0.15, 0.2) is 18.3 Å². The highest BCUT2D eigenvalue weighted by molar-refractivity contribution is 5.88. The predicted octanol–water partition coefficient (Wildman–Crippen LogP) is 2.81. The van der Waals surface area contributed by atoms with Gasteiger partial charge in [-0.05, 0) is 37.8 Å². The standard InChI is InChI=1S/C14H21N3O/c1-3-13-6-4-5-9-17(13)14-8-7-12(10-15-14)16-11(2)18/h7-8,10,13H,3-6,9H2,1-2H3,(H,16,18). The van der Waals surface area contributed by atoms with Gasteiger partial charge in [-0.3, -0.25) is 4.79 Å². The second-order valence-corrected chi connectivity index (χ2v) is 4.84. The number of piperidine rings is 1. The molecule has 1 aliphatic rings. The summed E-state index contributed by atoms with van der Waals surface area (Å²) in [6, 6.07) is 4.53. The van der Waals surface area contributed by atoms with Gasteiger partial charge in [-0.2, -0.15) is 0 Å². The third kappa shape index (κ3) is 3.00. The maximum Gasteiger partial charge on any atom is 0.221 e. The van der Waals surface area contributed by atoms with Crippen LogP contribution in [0.25, 0.3) is 0 Å². The van der Waals surface area contributed by atoms with Crippen LogP contribution in [0, 0.1) is 0 Å². The summed E-state index contributed by atoms with van der Waals surface area (Å²) >= 11 is 0. The first-order valence-corrected chi connectivity index (χ1v) is 6.71. The van der Waals surface area contributed by atoms with Crippen LogP contribution >= 0.6 is 0 Å². The molecule has 1 saturated heterocycles. The third-order valence-electron chi connectivity index (χ3n) is 3.46. The van der Waals surface area contributed by atoms with Gasteiger partial charge in [0.25, 0.3) is 0 Å². The number of hydrogen-bond acceptors (Lipinski definition) is 3. The van der Waals surface area contributed by atoms with Crippen LogP contribution in [0.4, 0.5) is 11.5 Å². The van der Waals surface area contributed by atoms with Gasteiger partial charge in [-0.1, -0.05) is 6.92 Å². The Morgan fingerprint density at radius 1 is 1.50 bits per heavy atom. The fourth-order valence-corrected chi connectivity index (χ4v) is 2.56. The van der Waals surface area contributed by atoms with Crippen LogP contribution in [-0.2, 0) is 4.79 Å². The Bertz CT molecular complexity index is 402. The highest BCUT2D eigenvalue weighted by atomic mass is 16.1. The van der Waals surface area contributed by atoms with E-state index in [4.69, 9.17) is 0 Å². The topological polar surface area (TPSA) is 45.2 Å². The molecule has 0 aliphatic carbocycles. The number of carbonyl (C=O) groups excluding carboxylic acids is 1. The highest BCUT2D eigenvalue weighted by Crippen LogP contribution is 2.25. The molecule has 0 saturated carbocycles. The molecule has 2 rings (SSSR count). The molecule has 1 fully saturated rings. The molecule has 1 unspecified atom stereocenters. The molecule has 18 heavy (non-hydrogen) atoms. The molecule has 0 aromatic carbocycles. The second kappa shape index (κ2) is 5.85. The Hall–Kier alpha value is -1.58. The number of nitrogens with one attached hydrogen (secondary N) is 1. The Balaban J connectivity index is 2.10. The summed E-state index contributed by atoms with van der Waals surface area (Å²) in [6.07, 6.45) is 6.71. The summed E-state index contributed by atoms with van der Waals surface area (Å²) in [5, 5.41) is 2.74. The molecule has 98 valence electrons. The van der Waals surface area contributed by atoms with Crippen molar-refractivity contribution in [3.05, 3.63) is 18.3 Å². The monoisotopic (exact) mass is 247 g/mol. The van der Waals surface area contributed by atoms with Crippen LogP contribution in [0.2, 0.25) is 0 Å². The van der Waals surface area contributed by atoms with E-state index < -0.39 is 0 Å². The zero-order valence-corrected chi connectivity index (χ0v) is 11.1. The molecule has 4 nitrogen and oxygen atoms in total. The van der Waals surface area contributed by atoms with Crippen molar-refractivity contribution in [2.45, 2.75) is 45.6 Å². The van der Waals surface area contributed by atoms with Gasteiger partial charge >= 0.3 is 0 Å². The van der Waals surface area contributed by atoms with Gasteiger partial charge < -0.3 is 10.2 Å². The number of amides is 1. The van der Waals surface area contributed by atoms with Gasteiger partial charge in [0, 0.05) is 19.5 Å². The molecular formula is C14H21N3O. The molecular weight excluding hydrogens is 226 g/mol. The fraction of sp³-hybridized carbons (Fsp3) is 0.571. The van der Waals surface area contributed by atoms with Crippen molar-refractivity contribution < 1.29 is 4.79 Å². The number of anilines is 2. The number of nitrogens with zero attached hydrogens (tertiary/aromatic N) is 2. The third-order valence-corrected chi connectivity index (χ3v) is 3.46. The van der Waals surface area contributed by atoms with Crippen LogP contribution in [0.1, 0.15) is 39.5 Å². The van der Waals surface area contributed by atoms with Gasteiger partial charge in [0.05, 0.1) is 11.9 Å². The van der Waals surface area contributed by atoms with Crippen molar-refractivity contribution in [1.29, 1.82) is 0 Å². The molecule has 1 aliphatic heterocycles. The molecule has 1 atom stereocenters. The lowest BCUT2D eigenvalue weighted by atomic mass is 10.00. The molecule has 1 N–H and O–H groups in total. The summed E-state index contributed by atoms with van der Waals surface area (Å²) in [5.74, 6) is 0.963. The zero-order valence-electron chi connectivity index (χ0n) is 11.1. The van der Waals surface area contributed by atoms with E-state index in [1.165, 1.54) is 26.2 Å². The van der Waals surface area contributed by atoms with Crippen molar-refractivity contribution in [1.82, 2.24) is 4.98 Å². The van der Waals surface area contributed by atoms with Crippen molar-refractivity contribution in [2.75, 3.05) is 16.8 Å². The molecule has 0 spiro atoms. The summed E-state index contributed by atoms with van der Waals surface area (Å²) in [5.41, 5.74) is 0.760. The quantitative estimate of drug-likeness (QED) is 0.893. The Labute approximate surface area is 108 Å². The number of aromatic nitrogens is 1. The fourth-order valence-electron chi connectivity index (χ4n) is 2.56. The smallest absolute Gasteiger partial charge is 0.221 e. The summed E-state index contributed by atoms with van der Waals surface area (Å²) in [7, 11) is 0. The summed E-state index contributed by atoms with van der Waals surface area (Å²) in [4.78, 5) is 17.8. The van der Waals surface area contributed by atoms with Crippen molar-refractivity contribution in [3.63, 3.8) is 0 Å². The van der Waals surface area contributed by atoms with Crippen LogP contribution in [0.3, 0.4) is 0 Å². The van der Waals surface area contributed by atoms with E-state index >= 15 is 0 Å². The highest BCUT2D eigenvalue weighted by Gasteiger charge is 2.21. The Morgan fingerprint density at radius 3 is 2.94 bits per heavy atom. The molecule has 0 bridgehead atoms. The maximum absolute atomic E-state index is 10.9. The average molecular weight is 247 g/mol. The van der Waals surface area contributed by atoms with Gasteiger partial charge in [0.1, 0.15) is 5.82 Å². The van der Waals surface area contributed by atoms with Crippen molar-refractivity contribution in [2.24, 2.45) is 0 Å². The van der Waals surface area contributed by atoms with Crippen LogP contribution in [-0.4, -0.2) is 23.5 Å². The SMILES string of the molecule is CCC1CCCCN1c1ccc(NC(C)=O)cn1. The van der Waals surface area contributed by atoms with Gasteiger partial charge in [-0.15, -0.1) is 0 Å². The summed E-state index contributed by atoms with van der Waals surface area (Å²) in [6.45, 7) is 4.82. The number of carbonyl (C=O) groups is 1. The predicted molar refractivity (Wildman–Crippen MR) is 73.8 cm³/mol. The van der Waals surface area contributed by atoms with Crippen LogP contribution < -0.4 is 10.2 Å². The molecule has 1 aromatic heterocycles. The Morgan fingerprint density at radius 2 is 2.33 bits per heavy atom. The second-order valence-electron chi connectivity index (χ2n) is 4.84. The number of pyridine rings is 1. The van der Waals surface area contributed by atoms with E-state index in [1.807, 2.05) is 12.1 Å². The molecule has 1 aromatic rings. The normalized spacial score (nSPS) is 19.7. The van der Waals surface area contributed by atoms with E-state index in [1.54, 1.807) is 6.20 Å². The van der Waals surface area contributed by atoms with Gasteiger partial charge in [-0.25, -0.2) is 4.98 Å². The minimum Gasteiger partial charge on any atom is -0.354 e. The van der Waals surface area contributed by atoms with E-state index in [0.29, 0.717) is 6.04 Å². The first-order valence-electron chi connectivity index (χ1n) is 6.71. The first kappa shape index (κ1) is 12.9. The van der Waals surface area contributed by atoms with Crippen LogP contribution in [0.5, 0.6) is 0 Å². The van der Waals surface area contributed by atoms with Crippen molar-refractivity contribution in [3.8, 4) is 0 Å². The Kier molecular flexibility index (Phi) is 4.18. The minimum absolute atomic E-state index is 0.0612. The number of hydrogen-bond donors (Lipinski definition) is 1. The molecule has 4 heteroatoms. The molecule has 1 amide bonds. The maximum atomic E-state index is 10.9. The van der Waals surface area contributed by atoms with E-state index in [2.05, 4.69) is 22.1 Å². The lowest BCUT2D eigenvalue weighted by Crippen LogP contribution is -2.39. The first-order chi connectivity index (χ1) is 8.70. The zero-order chi connectivity index (χ0) is 13.0. The van der Waals surface area contributed by atoms with Crippen molar-refractivity contribution >= 4 is 17.4 Å². The molecule has 2 heterocycles.